The number of rotatable bonds is 3. The molecule has 2 rings (SSSR count). The Hall–Kier alpha value is -1.62. The highest BCUT2D eigenvalue weighted by atomic mass is 16.5. The third-order valence-corrected chi connectivity index (χ3v) is 3.12. The van der Waals surface area contributed by atoms with Gasteiger partial charge in [-0.2, -0.15) is 0 Å². The van der Waals surface area contributed by atoms with E-state index in [9.17, 15) is 4.79 Å². The number of amides is 1. The number of anilines is 1. The van der Waals surface area contributed by atoms with Crippen LogP contribution in [0.15, 0.2) is 12.3 Å². The molecule has 1 amide bonds. The lowest BCUT2D eigenvalue weighted by Crippen LogP contribution is -2.47. The predicted octanol–water partition coefficient (Wildman–Crippen LogP) is 0.879. The summed E-state index contributed by atoms with van der Waals surface area (Å²) in [4.78, 5) is 16.0. The van der Waals surface area contributed by atoms with E-state index >= 15 is 0 Å². The van der Waals surface area contributed by atoms with Crippen molar-refractivity contribution in [3.63, 3.8) is 0 Å². The summed E-state index contributed by atoms with van der Waals surface area (Å²) in [6.07, 6.45) is 3.57. The summed E-state index contributed by atoms with van der Waals surface area (Å²) in [6, 6.07) is 1.86. The van der Waals surface area contributed by atoms with Crippen molar-refractivity contribution in [3.05, 3.63) is 23.5 Å². The lowest BCUT2D eigenvalue weighted by molar-refractivity contribution is 0.0176. The molecule has 1 fully saturated rings. The first-order chi connectivity index (χ1) is 8.10. The van der Waals surface area contributed by atoms with Crippen molar-refractivity contribution < 1.29 is 9.53 Å². The van der Waals surface area contributed by atoms with Gasteiger partial charge in [-0.1, -0.05) is 0 Å². The molecule has 1 aliphatic rings. The zero-order valence-electron chi connectivity index (χ0n) is 10.1. The monoisotopic (exact) mass is 235 g/mol. The summed E-state index contributed by atoms with van der Waals surface area (Å²) in [6.45, 7) is 1.80. The Bertz CT molecular complexity index is 428. The molecule has 1 aromatic heterocycles. The van der Waals surface area contributed by atoms with Crippen molar-refractivity contribution in [1.29, 1.82) is 0 Å². The number of aryl methyl sites for hydroxylation is 1. The summed E-state index contributed by atoms with van der Waals surface area (Å²) in [5.41, 5.74) is 7.37. The predicted molar refractivity (Wildman–Crippen MR) is 64.7 cm³/mol. The zero-order valence-corrected chi connectivity index (χ0v) is 10.1. The molecule has 17 heavy (non-hydrogen) atoms. The molecule has 1 saturated carbocycles. The molecule has 92 valence electrons. The standard InChI is InChI=1S/C12H17N3O2/c1-7-11(3-8(13)6-14-7)12(16)15-9-4-10(5-9)17-2/h3,6,9-10H,4-5,13H2,1-2H3,(H,15,16). The summed E-state index contributed by atoms with van der Waals surface area (Å²) in [7, 11) is 1.69. The van der Waals surface area contributed by atoms with E-state index < -0.39 is 0 Å². The van der Waals surface area contributed by atoms with Crippen LogP contribution in [-0.4, -0.2) is 30.1 Å². The fourth-order valence-electron chi connectivity index (χ4n) is 1.92. The largest absolute Gasteiger partial charge is 0.397 e. The maximum Gasteiger partial charge on any atom is 0.253 e. The quantitative estimate of drug-likeness (QED) is 0.815. The molecule has 0 aromatic carbocycles. The van der Waals surface area contributed by atoms with E-state index in [2.05, 4.69) is 10.3 Å². The lowest BCUT2D eigenvalue weighted by Gasteiger charge is -2.34. The van der Waals surface area contributed by atoms with Crippen LogP contribution in [0.5, 0.6) is 0 Å². The Kier molecular flexibility index (Phi) is 3.28. The topological polar surface area (TPSA) is 77.2 Å². The first-order valence-electron chi connectivity index (χ1n) is 5.66. The third-order valence-electron chi connectivity index (χ3n) is 3.12. The lowest BCUT2D eigenvalue weighted by atomic mass is 9.89. The highest BCUT2D eigenvalue weighted by Crippen LogP contribution is 2.23. The minimum atomic E-state index is -0.109. The van der Waals surface area contributed by atoms with E-state index in [0.717, 1.165) is 12.8 Å². The highest BCUT2D eigenvalue weighted by Gasteiger charge is 2.30. The van der Waals surface area contributed by atoms with Gasteiger partial charge in [0.25, 0.3) is 5.91 Å². The second kappa shape index (κ2) is 4.71. The fraction of sp³-hybridized carbons (Fsp3) is 0.500. The van der Waals surface area contributed by atoms with Gasteiger partial charge in [-0.25, -0.2) is 0 Å². The summed E-state index contributed by atoms with van der Waals surface area (Å²) in [5.74, 6) is -0.109. The molecule has 0 saturated heterocycles. The Morgan fingerprint density at radius 2 is 2.29 bits per heavy atom. The fourth-order valence-corrected chi connectivity index (χ4v) is 1.92. The molecule has 0 unspecified atom stereocenters. The van der Waals surface area contributed by atoms with Gasteiger partial charge in [-0.15, -0.1) is 0 Å². The Morgan fingerprint density at radius 1 is 1.59 bits per heavy atom. The van der Waals surface area contributed by atoms with Gasteiger partial charge in [0.05, 0.1) is 29.2 Å². The molecule has 0 atom stereocenters. The number of carbonyl (C=O) groups excluding carboxylic acids is 1. The molecule has 0 bridgehead atoms. The summed E-state index contributed by atoms with van der Waals surface area (Å²) in [5, 5.41) is 2.95. The Morgan fingerprint density at radius 3 is 2.94 bits per heavy atom. The first kappa shape index (κ1) is 11.9. The molecule has 5 heteroatoms. The summed E-state index contributed by atoms with van der Waals surface area (Å²) >= 11 is 0. The van der Waals surface area contributed by atoms with Crippen LogP contribution in [0.3, 0.4) is 0 Å². The molecule has 1 aromatic rings. The van der Waals surface area contributed by atoms with Crippen LogP contribution in [0.1, 0.15) is 28.9 Å². The van der Waals surface area contributed by atoms with E-state index in [1.165, 1.54) is 0 Å². The van der Waals surface area contributed by atoms with Crippen molar-refractivity contribution in [2.45, 2.75) is 31.9 Å². The molecule has 0 radical (unpaired) electrons. The van der Waals surface area contributed by atoms with Crippen LogP contribution in [0.4, 0.5) is 5.69 Å². The number of ether oxygens (including phenoxy) is 1. The van der Waals surface area contributed by atoms with Crippen molar-refractivity contribution in [2.75, 3.05) is 12.8 Å². The molecule has 5 nitrogen and oxygen atoms in total. The second-order valence-corrected chi connectivity index (χ2v) is 4.40. The Balaban J connectivity index is 1.98. The second-order valence-electron chi connectivity index (χ2n) is 4.40. The van der Waals surface area contributed by atoms with E-state index in [0.29, 0.717) is 16.9 Å². The van der Waals surface area contributed by atoms with Gasteiger partial charge >= 0.3 is 0 Å². The van der Waals surface area contributed by atoms with Crippen LogP contribution >= 0.6 is 0 Å². The molecule has 0 spiro atoms. The molecular weight excluding hydrogens is 218 g/mol. The first-order valence-corrected chi connectivity index (χ1v) is 5.66. The normalized spacial score (nSPS) is 22.9. The minimum absolute atomic E-state index is 0.109. The molecular formula is C12H17N3O2. The number of aromatic nitrogens is 1. The number of carbonyl (C=O) groups is 1. The van der Waals surface area contributed by atoms with Crippen LogP contribution in [0.2, 0.25) is 0 Å². The van der Waals surface area contributed by atoms with E-state index in [-0.39, 0.29) is 18.1 Å². The maximum atomic E-state index is 12.0. The number of nitrogens with zero attached hydrogens (tertiary/aromatic N) is 1. The van der Waals surface area contributed by atoms with E-state index in [1.54, 1.807) is 26.3 Å². The number of nitrogens with two attached hydrogens (primary N) is 1. The van der Waals surface area contributed by atoms with E-state index in [1.807, 2.05) is 0 Å². The SMILES string of the molecule is COC1CC(NC(=O)c2cc(N)cnc2C)C1. The maximum absolute atomic E-state index is 12.0. The molecule has 3 N–H and O–H groups in total. The van der Waals surface area contributed by atoms with Gasteiger partial charge in [0.15, 0.2) is 0 Å². The van der Waals surface area contributed by atoms with Crippen LogP contribution in [0, 0.1) is 6.92 Å². The number of methoxy groups -OCH3 is 1. The number of hydrogen-bond acceptors (Lipinski definition) is 4. The van der Waals surface area contributed by atoms with Crippen LogP contribution < -0.4 is 11.1 Å². The smallest absolute Gasteiger partial charge is 0.253 e. The van der Waals surface area contributed by atoms with Crippen LogP contribution in [-0.2, 0) is 4.74 Å². The van der Waals surface area contributed by atoms with Gasteiger partial charge in [0.1, 0.15) is 0 Å². The number of nitrogens with one attached hydrogen (secondary N) is 1. The van der Waals surface area contributed by atoms with Crippen molar-refractivity contribution >= 4 is 11.6 Å². The van der Waals surface area contributed by atoms with Gasteiger partial charge in [-0.05, 0) is 25.8 Å². The number of pyridine rings is 1. The van der Waals surface area contributed by atoms with Crippen molar-refractivity contribution in [2.24, 2.45) is 0 Å². The van der Waals surface area contributed by atoms with Gasteiger partial charge in [0.2, 0.25) is 0 Å². The summed E-state index contributed by atoms with van der Waals surface area (Å²) < 4.78 is 5.16. The van der Waals surface area contributed by atoms with Gasteiger partial charge in [0, 0.05) is 13.2 Å². The number of nitrogen functional groups attached to an aromatic ring is 1. The average Bonchev–Trinajstić information content (AvgIpc) is 2.25. The number of hydrogen-bond donors (Lipinski definition) is 2. The minimum Gasteiger partial charge on any atom is -0.397 e. The van der Waals surface area contributed by atoms with Gasteiger partial charge in [-0.3, -0.25) is 9.78 Å². The molecule has 1 heterocycles. The van der Waals surface area contributed by atoms with Crippen molar-refractivity contribution in [1.82, 2.24) is 10.3 Å². The molecule has 0 aliphatic heterocycles. The van der Waals surface area contributed by atoms with E-state index in [4.69, 9.17) is 10.5 Å². The van der Waals surface area contributed by atoms with Gasteiger partial charge < -0.3 is 15.8 Å². The highest BCUT2D eigenvalue weighted by molar-refractivity contribution is 5.96. The zero-order chi connectivity index (χ0) is 12.4. The third kappa shape index (κ3) is 2.55. The molecule has 1 aliphatic carbocycles. The average molecular weight is 235 g/mol. The Labute approximate surface area is 100 Å². The van der Waals surface area contributed by atoms with Crippen molar-refractivity contribution in [3.8, 4) is 0 Å². The van der Waals surface area contributed by atoms with Crippen LogP contribution in [0.25, 0.3) is 0 Å².